The summed E-state index contributed by atoms with van der Waals surface area (Å²) >= 11 is 17.2. The fourth-order valence-corrected chi connectivity index (χ4v) is 1.90. The molecule has 0 radical (unpaired) electrons. The second-order valence-electron chi connectivity index (χ2n) is 2.69. The van der Waals surface area contributed by atoms with Gasteiger partial charge in [0, 0.05) is 0 Å². The Morgan fingerprint density at radius 3 is 2.36 bits per heavy atom. The topological polar surface area (TPSA) is 46.2 Å². The summed E-state index contributed by atoms with van der Waals surface area (Å²) < 4.78 is 0. The largest absolute Gasteiger partial charge is 0.318 e. The number of hydrogen-bond acceptors (Lipinski definition) is 2. The summed E-state index contributed by atoms with van der Waals surface area (Å²) in [5.74, 6) is -1.41. The van der Waals surface area contributed by atoms with Crippen molar-refractivity contribution in [2.75, 3.05) is 5.32 Å². The number of nitrogens with one attached hydrogen (secondary N) is 1. The zero-order valence-electron chi connectivity index (χ0n) is 6.53. The van der Waals surface area contributed by atoms with Gasteiger partial charge >= 0.3 is 0 Å². The van der Waals surface area contributed by atoms with E-state index in [1.807, 2.05) is 0 Å². The van der Waals surface area contributed by atoms with Gasteiger partial charge in [0.15, 0.2) is 0 Å². The number of ketones is 1. The summed E-state index contributed by atoms with van der Waals surface area (Å²) in [5.41, 5.74) is 0.394. The van der Waals surface area contributed by atoms with Crippen molar-refractivity contribution in [1.82, 2.24) is 0 Å². The number of hydrogen-bond donors (Lipinski definition) is 1. The lowest BCUT2D eigenvalue weighted by atomic mass is 10.1. The first-order valence-corrected chi connectivity index (χ1v) is 4.69. The molecule has 2 rings (SSSR count). The van der Waals surface area contributed by atoms with Crippen molar-refractivity contribution in [1.29, 1.82) is 0 Å². The van der Waals surface area contributed by atoms with Crippen LogP contribution in [-0.4, -0.2) is 11.7 Å². The average molecular weight is 250 g/mol. The van der Waals surface area contributed by atoms with E-state index in [1.54, 1.807) is 0 Å². The third kappa shape index (κ3) is 1.21. The Bertz CT molecular complexity index is 470. The Morgan fingerprint density at radius 2 is 1.71 bits per heavy atom. The second-order valence-corrected chi connectivity index (χ2v) is 3.86. The van der Waals surface area contributed by atoms with E-state index in [-0.39, 0.29) is 20.6 Å². The van der Waals surface area contributed by atoms with Crippen LogP contribution in [0, 0.1) is 0 Å². The maximum Gasteiger partial charge on any atom is 0.296 e. The molecule has 1 aromatic carbocycles. The van der Waals surface area contributed by atoms with Gasteiger partial charge in [-0.05, 0) is 6.07 Å². The van der Waals surface area contributed by atoms with Crippen molar-refractivity contribution in [3.05, 3.63) is 26.7 Å². The summed E-state index contributed by atoms with van der Waals surface area (Å²) in [5, 5.41) is 2.63. The molecule has 0 fully saturated rings. The van der Waals surface area contributed by atoms with Crippen LogP contribution in [0.4, 0.5) is 5.69 Å². The molecule has 3 nitrogen and oxygen atoms in total. The first-order chi connectivity index (χ1) is 6.52. The molecule has 0 unspecified atom stereocenters. The van der Waals surface area contributed by atoms with Gasteiger partial charge in [-0.3, -0.25) is 9.59 Å². The minimum absolute atomic E-state index is 0.0116. The fraction of sp³-hybridized carbons (Fsp3) is 0. The normalized spacial score (nSPS) is 14.2. The predicted molar refractivity (Wildman–Crippen MR) is 54.4 cm³/mol. The van der Waals surface area contributed by atoms with E-state index in [9.17, 15) is 9.59 Å². The first kappa shape index (κ1) is 9.77. The molecule has 0 saturated carbocycles. The Kier molecular flexibility index (Phi) is 2.18. The van der Waals surface area contributed by atoms with Gasteiger partial charge in [0.1, 0.15) is 0 Å². The van der Waals surface area contributed by atoms with E-state index in [2.05, 4.69) is 5.32 Å². The maximum absolute atomic E-state index is 11.3. The number of amides is 1. The molecule has 1 amide bonds. The van der Waals surface area contributed by atoms with E-state index in [1.165, 1.54) is 6.07 Å². The van der Waals surface area contributed by atoms with Gasteiger partial charge in [-0.15, -0.1) is 0 Å². The van der Waals surface area contributed by atoms with Crippen molar-refractivity contribution in [2.24, 2.45) is 0 Å². The standard InChI is InChI=1S/C8H2Cl3NO2/c9-2-1-3-4(6(11)5(2)10)7(13)8(14)12-3/h1H,(H,12,13,14). The van der Waals surface area contributed by atoms with Crippen LogP contribution in [0.3, 0.4) is 0 Å². The molecule has 1 aromatic rings. The maximum atomic E-state index is 11.3. The summed E-state index contributed by atoms with van der Waals surface area (Å²) in [4.78, 5) is 22.3. The highest BCUT2D eigenvalue weighted by atomic mass is 35.5. The molecule has 6 heteroatoms. The molecule has 1 N–H and O–H groups in total. The van der Waals surface area contributed by atoms with Crippen molar-refractivity contribution >= 4 is 52.2 Å². The summed E-state index contributed by atoms with van der Waals surface area (Å²) in [6.45, 7) is 0. The SMILES string of the molecule is O=C1Nc2cc(Cl)c(Cl)c(Cl)c2C1=O. The zero-order valence-corrected chi connectivity index (χ0v) is 8.80. The minimum Gasteiger partial charge on any atom is -0.318 e. The molecular weight excluding hydrogens is 248 g/mol. The monoisotopic (exact) mass is 249 g/mol. The molecule has 0 saturated heterocycles. The van der Waals surface area contributed by atoms with E-state index >= 15 is 0 Å². The van der Waals surface area contributed by atoms with Gasteiger partial charge in [-0.1, -0.05) is 34.8 Å². The van der Waals surface area contributed by atoms with Gasteiger partial charge in [0.25, 0.3) is 11.7 Å². The molecule has 1 heterocycles. The summed E-state index contributed by atoms with van der Waals surface area (Å²) in [7, 11) is 0. The highest BCUT2D eigenvalue weighted by Gasteiger charge is 2.32. The van der Waals surface area contributed by atoms with E-state index in [0.717, 1.165) is 0 Å². The van der Waals surface area contributed by atoms with Crippen molar-refractivity contribution in [3.63, 3.8) is 0 Å². The number of rotatable bonds is 0. The molecule has 72 valence electrons. The Balaban J connectivity index is 2.77. The van der Waals surface area contributed by atoms with Crippen LogP contribution in [0.2, 0.25) is 15.1 Å². The molecule has 0 spiro atoms. The number of benzene rings is 1. The van der Waals surface area contributed by atoms with Crippen LogP contribution in [0.25, 0.3) is 0 Å². The Labute approximate surface area is 93.9 Å². The van der Waals surface area contributed by atoms with E-state index in [4.69, 9.17) is 34.8 Å². The van der Waals surface area contributed by atoms with Gasteiger partial charge in [-0.2, -0.15) is 0 Å². The number of anilines is 1. The number of halogens is 3. The van der Waals surface area contributed by atoms with Crippen LogP contribution in [0.1, 0.15) is 10.4 Å². The molecule has 1 aliphatic rings. The predicted octanol–water partition coefficient (Wildman–Crippen LogP) is 2.78. The quantitative estimate of drug-likeness (QED) is 0.568. The van der Waals surface area contributed by atoms with Crippen LogP contribution in [-0.2, 0) is 4.79 Å². The third-order valence-electron chi connectivity index (χ3n) is 1.84. The lowest BCUT2D eigenvalue weighted by Gasteiger charge is -2.03. The minimum atomic E-state index is -0.722. The Hall–Kier alpha value is -0.770. The second kappa shape index (κ2) is 3.12. The van der Waals surface area contributed by atoms with Crippen molar-refractivity contribution in [3.8, 4) is 0 Å². The van der Waals surface area contributed by atoms with Crippen molar-refractivity contribution < 1.29 is 9.59 Å². The van der Waals surface area contributed by atoms with E-state index in [0.29, 0.717) is 5.69 Å². The Morgan fingerprint density at radius 1 is 1.07 bits per heavy atom. The average Bonchev–Trinajstić information content (AvgIpc) is 2.39. The summed E-state index contributed by atoms with van der Waals surface area (Å²) in [6.07, 6.45) is 0. The molecule has 0 bridgehead atoms. The summed E-state index contributed by atoms with van der Waals surface area (Å²) in [6, 6.07) is 1.40. The molecule has 0 aromatic heterocycles. The van der Waals surface area contributed by atoms with Crippen LogP contribution < -0.4 is 5.32 Å². The number of fused-ring (bicyclic) bond motifs is 1. The van der Waals surface area contributed by atoms with Crippen LogP contribution >= 0.6 is 34.8 Å². The molecule has 1 aliphatic heterocycles. The highest BCUT2D eigenvalue weighted by molar-refractivity contribution is 6.57. The van der Waals surface area contributed by atoms with Crippen LogP contribution in [0.5, 0.6) is 0 Å². The molecule has 14 heavy (non-hydrogen) atoms. The zero-order chi connectivity index (χ0) is 10.5. The first-order valence-electron chi connectivity index (χ1n) is 3.55. The van der Waals surface area contributed by atoms with Crippen LogP contribution in [0.15, 0.2) is 6.07 Å². The highest BCUT2D eigenvalue weighted by Crippen LogP contribution is 2.40. The lowest BCUT2D eigenvalue weighted by Crippen LogP contribution is -2.12. The molecular formula is C8H2Cl3NO2. The van der Waals surface area contributed by atoms with Gasteiger partial charge < -0.3 is 5.32 Å². The smallest absolute Gasteiger partial charge is 0.296 e. The molecule has 0 aliphatic carbocycles. The van der Waals surface area contributed by atoms with Crippen molar-refractivity contribution in [2.45, 2.75) is 0 Å². The van der Waals surface area contributed by atoms with Gasteiger partial charge in [-0.25, -0.2) is 0 Å². The lowest BCUT2D eigenvalue weighted by molar-refractivity contribution is -0.112. The fourth-order valence-electron chi connectivity index (χ4n) is 1.21. The number of carbonyl (C=O) groups excluding carboxylic acids is 2. The molecule has 0 atom stereocenters. The van der Waals surface area contributed by atoms with Gasteiger partial charge in [0.05, 0.1) is 26.3 Å². The van der Waals surface area contributed by atoms with Gasteiger partial charge in [0.2, 0.25) is 0 Å². The number of carbonyl (C=O) groups is 2. The third-order valence-corrected chi connectivity index (χ3v) is 3.11. The van der Waals surface area contributed by atoms with E-state index < -0.39 is 11.7 Å². The number of Topliss-reactive ketones (excluding diaryl/α,β-unsaturated/α-hetero) is 1.